The van der Waals surface area contributed by atoms with Gasteiger partial charge in [0.15, 0.2) is 11.4 Å². The number of ether oxygens (including phenoxy) is 2. The fourth-order valence-electron chi connectivity index (χ4n) is 7.71. The molecule has 2 bridgehead atoms. The third-order valence-corrected chi connectivity index (χ3v) is 8.58. The van der Waals surface area contributed by atoms with Crippen LogP contribution in [0.15, 0.2) is 11.6 Å². The highest BCUT2D eigenvalue weighted by Gasteiger charge is 2.85. The van der Waals surface area contributed by atoms with Crippen molar-refractivity contribution in [1.82, 2.24) is 0 Å². The lowest BCUT2D eigenvalue weighted by Gasteiger charge is -2.65. The van der Waals surface area contributed by atoms with Gasteiger partial charge in [-0.25, -0.2) is 4.79 Å². The molecule has 10 unspecified atom stereocenters. The highest BCUT2D eigenvalue weighted by atomic mass is 16.6. The van der Waals surface area contributed by atoms with E-state index in [-0.39, 0.29) is 13.0 Å². The van der Waals surface area contributed by atoms with Crippen molar-refractivity contribution < 1.29 is 39.2 Å². The van der Waals surface area contributed by atoms with Crippen molar-refractivity contribution in [3.05, 3.63) is 11.6 Å². The monoisotopic (exact) mass is 392 g/mol. The van der Waals surface area contributed by atoms with Gasteiger partial charge in [0.2, 0.25) is 0 Å². The number of hydrogen-bond acceptors (Lipinski definition) is 8. The minimum absolute atomic E-state index is 0.0144. The number of hydrogen-bond donors (Lipinski definition) is 3. The van der Waals surface area contributed by atoms with Gasteiger partial charge in [-0.2, -0.15) is 0 Å². The second-order valence-corrected chi connectivity index (χ2v) is 9.48. The van der Waals surface area contributed by atoms with Crippen LogP contribution in [0.25, 0.3) is 0 Å². The Morgan fingerprint density at radius 1 is 1.21 bits per heavy atom. The van der Waals surface area contributed by atoms with Crippen LogP contribution < -0.4 is 0 Å². The van der Waals surface area contributed by atoms with Crippen molar-refractivity contribution >= 4 is 17.7 Å². The molecule has 3 N–H and O–H groups in total. The molecule has 152 valence electrons. The Labute approximate surface area is 161 Å². The van der Waals surface area contributed by atoms with E-state index < -0.39 is 76.1 Å². The van der Waals surface area contributed by atoms with Crippen LogP contribution in [0, 0.1) is 34.5 Å². The highest BCUT2D eigenvalue weighted by molar-refractivity contribution is 5.96. The first-order chi connectivity index (χ1) is 13.0. The van der Waals surface area contributed by atoms with Crippen LogP contribution in [0.5, 0.6) is 0 Å². The fraction of sp³-hybridized carbons (Fsp3) is 0.750. The number of ketones is 1. The molecule has 3 aliphatic carbocycles. The second kappa shape index (κ2) is 5.04. The summed E-state index contributed by atoms with van der Waals surface area (Å²) in [5, 5.41) is 34.0. The third-order valence-electron chi connectivity index (χ3n) is 8.58. The highest BCUT2D eigenvalue weighted by Crippen LogP contribution is 2.74. The summed E-state index contributed by atoms with van der Waals surface area (Å²) in [5.74, 6) is -4.59. The van der Waals surface area contributed by atoms with Gasteiger partial charge in [0.1, 0.15) is 18.8 Å². The van der Waals surface area contributed by atoms with Crippen LogP contribution in [0.3, 0.4) is 0 Å². The minimum Gasteiger partial charge on any atom is -0.463 e. The zero-order valence-corrected chi connectivity index (χ0v) is 15.9. The zero-order chi connectivity index (χ0) is 20.4. The van der Waals surface area contributed by atoms with Crippen molar-refractivity contribution in [1.29, 1.82) is 0 Å². The van der Waals surface area contributed by atoms with Gasteiger partial charge in [0.05, 0.1) is 11.5 Å². The summed E-state index contributed by atoms with van der Waals surface area (Å²) >= 11 is 0. The summed E-state index contributed by atoms with van der Waals surface area (Å²) in [6, 6.07) is 0. The fourth-order valence-corrected chi connectivity index (χ4v) is 7.71. The lowest BCUT2D eigenvalue weighted by atomic mass is 9.42. The second-order valence-electron chi connectivity index (χ2n) is 9.48. The normalized spacial score (nSPS) is 57.0. The molecule has 2 saturated carbocycles. The number of rotatable bonds is 0. The minimum atomic E-state index is -1.98. The topological polar surface area (TPSA) is 130 Å². The Hall–Kier alpha value is -1.77. The van der Waals surface area contributed by atoms with Crippen LogP contribution >= 0.6 is 0 Å². The molecule has 0 amide bonds. The molecule has 0 radical (unpaired) electrons. The van der Waals surface area contributed by atoms with Crippen LogP contribution in [-0.4, -0.2) is 63.6 Å². The molecule has 1 spiro atoms. The first kappa shape index (κ1) is 18.3. The Morgan fingerprint density at radius 3 is 2.57 bits per heavy atom. The lowest BCUT2D eigenvalue weighted by Crippen LogP contribution is -2.76. The van der Waals surface area contributed by atoms with E-state index in [4.69, 9.17) is 9.47 Å². The molecule has 2 heterocycles. The number of carbonyl (C=O) groups excluding carboxylic acids is 3. The summed E-state index contributed by atoms with van der Waals surface area (Å²) in [6.07, 6.45) is -2.41. The van der Waals surface area contributed by atoms with Gasteiger partial charge in [-0.3, -0.25) is 9.59 Å². The van der Waals surface area contributed by atoms with E-state index in [1.54, 1.807) is 20.8 Å². The van der Waals surface area contributed by atoms with E-state index in [1.807, 2.05) is 0 Å². The van der Waals surface area contributed by atoms with Crippen molar-refractivity contribution in [3.63, 3.8) is 0 Å². The van der Waals surface area contributed by atoms with Crippen molar-refractivity contribution in [3.8, 4) is 0 Å². The molecule has 2 aliphatic heterocycles. The van der Waals surface area contributed by atoms with Gasteiger partial charge in [-0.1, -0.05) is 19.4 Å². The van der Waals surface area contributed by atoms with E-state index in [0.717, 1.165) is 0 Å². The number of esters is 2. The van der Waals surface area contributed by atoms with Crippen LogP contribution in [-0.2, 0) is 23.9 Å². The van der Waals surface area contributed by atoms with Crippen LogP contribution in [0.2, 0.25) is 0 Å². The van der Waals surface area contributed by atoms with Gasteiger partial charge in [0, 0.05) is 29.6 Å². The quantitative estimate of drug-likeness (QED) is 0.464. The molecule has 10 atom stereocenters. The summed E-state index contributed by atoms with van der Waals surface area (Å²) in [6.45, 7) is 4.89. The zero-order valence-electron chi connectivity index (χ0n) is 15.9. The van der Waals surface area contributed by atoms with E-state index in [2.05, 4.69) is 0 Å². The number of carbonyl (C=O) groups is 3. The maximum Gasteiger partial charge on any atom is 0.338 e. The molecule has 5 rings (SSSR count). The lowest BCUT2D eigenvalue weighted by molar-refractivity contribution is -0.292. The molecule has 0 aromatic carbocycles. The van der Waals surface area contributed by atoms with E-state index in [1.165, 1.54) is 6.08 Å². The molecule has 2 saturated heterocycles. The molecule has 28 heavy (non-hydrogen) atoms. The molecule has 5 aliphatic rings. The predicted octanol–water partition coefficient (Wildman–Crippen LogP) is -0.655. The van der Waals surface area contributed by atoms with Crippen LogP contribution in [0.1, 0.15) is 27.2 Å². The Bertz CT molecular complexity index is 849. The van der Waals surface area contributed by atoms with E-state index in [9.17, 15) is 29.7 Å². The Balaban J connectivity index is 1.85. The summed E-state index contributed by atoms with van der Waals surface area (Å²) in [7, 11) is 0. The van der Waals surface area contributed by atoms with Gasteiger partial charge in [-0.05, 0) is 18.9 Å². The molecule has 8 nitrogen and oxygen atoms in total. The molecule has 0 aromatic heterocycles. The summed E-state index contributed by atoms with van der Waals surface area (Å²) < 4.78 is 11.0. The summed E-state index contributed by atoms with van der Waals surface area (Å²) in [5.41, 5.74) is -3.82. The molecule has 8 heteroatoms. The first-order valence-electron chi connectivity index (χ1n) is 9.69. The van der Waals surface area contributed by atoms with E-state index >= 15 is 0 Å². The predicted molar refractivity (Wildman–Crippen MR) is 91.4 cm³/mol. The summed E-state index contributed by atoms with van der Waals surface area (Å²) in [4.78, 5) is 37.7. The average molecular weight is 392 g/mol. The van der Waals surface area contributed by atoms with Gasteiger partial charge in [0.25, 0.3) is 0 Å². The van der Waals surface area contributed by atoms with Gasteiger partial charge in [-0.15, -0.1) is 0 Å². The van der Waals surface area contributed by atoms with Crippen LogP contribution in [0.4, 0.5) is 0 Å². The molecule has 0 aromatic rings. The van der Waals surface area contributed by atoms with Crippen molar-refractivity contribution in [2.45, 2.75) is 51.1 Å². The maximum absolute atomic E-state index is 12.8. The molecule has 4 fully saturated rings. The smallest absolute Gasteiger partial charge is 0.338 e. The molecular weight excluding hydrogens is 368 g/mol. The Morgan fingerprint density at radius 2 is 1.89 bits per heavy atom. The maximum atomic E-state index is 12.8. The number of aliphatic hydroxyl groups is 3. The molecular formula is C20H24O8. The van der Waals surface area contributed by atoms with Crippen molar-refractivity contribution in [2.24, 2.45) is 34.5 Å². The first-order valence-corrected chi connectivity index (χ1v) is 9.69. The average Bonchev–Trinajstić information content (AvgIpc) is 2.78. The third kappa shape index (κ3) is 1.61. The largest absolute Gasteiger partial charge is 0.463 e. The number of cyclic esters (lactones) is 1. The van der Waals surface area contributed by atoms with E-state index in [0.29, 0.717) is 5.57 Å². The standard InChI is InChI=1S/C20H24O8/c1-7-4-10(21)14(24)18(3)12(7)13(23)15-19-6-27-17(25)20(26,16(18)19)8(2)9(19)5-11(22)28-15/h4,8-9,12-16,23-24,26H,5-6H2,1-3H3. The Kier molecular flexibility index (Phi) is 3.29. The van der Waals surface area contributed by atoms with Crippen molar-refractivity contribution in [2.75, 3.05) is 6.61 Å². The number of fused-ring (bicyclic) bond motifs is 1. The van der Waals surface area contributed by atoms with Gasteiger partial charge < -0.3 is 24.8 Å². The number of aliphatic hydroxyl groups excluding tert-OH is 2. The van der Waals surface area contributed by atoms with Gasteiger partial charge >= 0.3 is 11.9 Å². The SMILES string of the molecule is CC1=CC(=O)C(O)C2(C)C1C(O)C1OC(=O)CC3C(C)C4(O)C(=O)OCC31C42.